The third-order valence-corrected chi connectivity index (χ3v) is 7.19. The number of hydrogen-bond donors (Lipinski definition) is 1. The average molecular weight is 424 g/mol. The van der Waals surface area contributed by atoms with Crippen molar-refractivity contribution >= 4 is 37.5 Å². The van der Waals surface area contributed by atoms with Gasteiger partial charge in [-0.15, -0.1) is 0 Å². The van der Waals surface area contributed by atoms with Crippen molar-refractivity contribution in [3.05, 3.63) is 53.6 Å². The molecule has 0 aliphatic carbocycles. The first-order valence-electron chi connectivity index (χ1n) is 7.89. The number of carbonyl (C=O) groups is 2. The maximum atomic E-state index is 13.0. The zero-order chi connectivity index (χ0) is 20.9. The van der Waals surface area contributed by atoms with Crippen LogP contribution in [0.4, 0.5) is 10.5 Å². The highest BCUT2D eigenvalue weighted by Crippen LogP contribution is 2.35. The number of hydrogen-bond acceptors (Lipinski definition) is 6. The van der Waals surface area contributed by atoms with Crippen molar-refractivity contribution in [2.75, 3.05) is 18.2 Å². The molecule has 0 atom stereocenters. The van der Waals surface area contributed by atoms with Crippen molar-refractivity contribution in [2.24, 2.45) is 0 Å². The standard InChI is InChI=1S/C17H16N2O7S2/c1-18-14-8-5-12(16(20)21)9-15(14)28(25,26)19(17(18)22)10-11-3-6-13(7-4-11)27(2,23)24/h3-9H,10H2,1-2H3,(H,20,21). The second kappa shape index (κ2) is 6.60. The van der Waals surface area contributed by atoms with E-state index < -0.39 is 31.9 Å². The minimum absolute atomic E-state index is 0.0673. The predicted molar refractivity (Wildman–Crippen MR) is 99.5 cm³/mol. The minimum Gasteiger partial charge on any atom is -0.478 e. The summed E-state index contributed by atoms with van der Waals surface area (Å²) in [6, 6.07) is 8.19. The van der Waals surface area contributed by atoms with Gasteiger partial charge in [0.1, 0.15) is 4.90 Å². The molecule has 2 amide bonds. The molecule has 0 aromatic heterocycles. The molecule has 1 N–H and O–H groups in total. The zero-order valence-corrected chi connectivity index (χ0v) is 16.5. The maximum Gasteiger partial charge on any atom is 0.338 e. The lowest BCUT2D eigenvalue weighted by Crippen LogP contribution is -2.48. The Balaban J connectivity index is 2.04. The van der Waals surface area contributed by atoms with Crippen LogP contribution in [0.5, 0.6) is 0 Å². The highest BCUT2D eigenvalue weighted by molar-refractivity contribution is 7.90. The third kappa shape index (κ3) is 3.34. The Morgan fingerprint density at radius 1 is 1.11 bits per heavy atom. The normalized spacial score (nSPS) is 16.0. The Morgan fingerprint density at radius 3 is 2.25 bits per heavy atom. The van der Waals surface area contributed by atoms with Gasteiger partial charge in [-0.25, -0.2) is 30.7 Å². The monoisotopic (exact) mass is 424 g/mol. The number of carbonyl (C=O) groups excluding carboxylic acids is 1. The summed E-state index contributed by atoms with van der Waals surface area (Å²) in [7, 11) is -6.32. The number of sulfonamides is 1. The van der Waals surface area contributed by atoms with E-state index in [0.717, 1.165) is 17.2 Å². The molecule has 0 bridgehead atoms. The summed E-state index contributed by atoms with van der Waals surface area (Å²) in [5.74, 6) is -1.29. The number of aromatic carboxylic acids is 1. The second-order valence-corrected chi connectivity index (χ2v) is 10.1. The molecule has 9 nitrogen and oxygen atoms in total. The molecule has 148 valence electrons. The number of carboxylic acids is 1. The topological polar surface area (TPSA) is 129 Å². The Hall–Kier alpha value is -2.92. The van der Waals surface area contributed by atoms with Gasteiger partial charge >= 0.3 is 12.0 Å². The number of fused-ring (bicyclic) bond motifs is 1. The summed E-state index contributed by atoms with van der Waals surface area (Å²) in [5.41, 5.74) is 0.261. The van der Waals surface area contributed by atoms with Crippen LogP contribution in [0.1, 0.15) is 15.9 Å². The fourth-order valence-electron chi connectivity index (χ4n) is 2.78. The van der Waals surface area contributed by atoms with Gasteiger partial charge in [-0.05, 0) is 35.9 Å². The largest absolute Gasteiger partial charge is 0.478 e. The number of rotatable bonds is 4. The van der Waals surface area contributed by atoms with E-state index in [1.54, 1.807) is 0 Å². The fraction of sp³-hybridized carbons (Fsp3) is 0.176. The second-order valence-electron chi connectivity index (χ2n) is 6.26. The molecule has 0 fully saturated rings. The van der Waals surface area contributed by atoms with Crippen LogP contribution in [-0.2, 0) is 26.4 Å². The van der Waals surface area contributed by atoms with E-state index in [0.29, 0.717) is 9.87 Å². The maximum absolute atomic E-state index is 13.0. The third-order valence-electron chi connectivity index (χ3n) is 4.31. The van der Waals surface area contributed by atoms with Crippen LogP contribution in [0.3, 0.4) is 0 Å². The first kappa shape index (κ1) is 19.8. The molecule has 1 aliphatic rings. The van der Waals surface area contributed by atoms with E-state index in [9.17, 15) is 26.4 Å². The van der Waals surface area contributed by atoms with Crippen LogP contribution >= 0.6 is 0 Å². The molecule has 3 rings (SSSR count). The highest BCUT2D eigenvalue weighted by Gasteiger charge is 2.40. The van der Waals surface area contributed by atoms with Gasteiger partial charge in [-0.1, -0.05) is 12.1 Å². The van der Waals surface area contributed by atoms with E-state index in [1.807, 2.05) is 0 Å². The minimum atomic E-state index is -4.30. The van der Waals surface area contributed by atoms with Crippen molar-refractivity contribution in [3.63, 3.8) is 0 Å². The molecule has 0 radical (unpaired) electrons. The van der Waals surface area contributed by atoms with Gasteiger partial charge in [-0.2, -0.15) is 0 Å². The lowest BCUT2D eigenvalue weighted by molar-refractivity contribution is 0.0696. The van der Waals surface area contributed by atoms with Gasteiger partial charge in [0.2, 0.25) is 0 Å². The van der Waals surface area contributed by atoms with Crippen LogP contribution in [0.2, 0.25) is 0 Å². The quantitative estimate of drug-likeness (QED) is 0.788. The van der Waals surface area contributed by atoms with Crippen LogP contribution in [0.15, 0.2) is 52.3 Å². The molecule has 11 heteroatoms. The van der Waals surface area contributed by atoms with Gasteiger partial charge in [0, 0.05) is 13.3 Å². The van der Waals surface area contributed by atoms with Gasteiger partial charge in [0.15, 0.2) is 9.84 Å². The van der Waals surface area contributed by atoms with Gasteiger partial charge in [-0.3, -0.25) is 4.90 Å². The Bertz CT molecular complexity index is 1190. The van der Waals surface area contributed by atoms with E-state index >= 15 is 0 Å². The number of urea groups is 1. The molecule has 28 heavy (non-hydrogen) atoms. The summed E-state index contributed by atoms with van der Waals surface area (Å²) in [5, 5.41) is 9.13. The number of anilines is 1. The molecular formula is C17H16N2O7S2. The Morgan fingerprint density at radius 2 is 1.71 bits per heavy atom. The SMILES string of the molecule is CN1C(=O)N(Cc2ccc(S(C)(=O)=O)cc2)S(=O)(=O)c2cc(C(=O)O)ccc21. The lowest BCUT2D eigenvalue weighted by Gasteiger charge is -2.34. The van der Waals surface area contributed by atoms with Crippen LogP contribution in [0.25, 0.3) is 0 Å². The average Bonchev–Trinajstić information content (AvgIpc) is 2.63. The number of sulfone groups is 1. The van der Waals surface area contributed by atoms with Gasteiger partial charge < -0.3 is 5.11 Å². The van der Waals surface area contributed by atoms with Crippen molar-refractivity contribution in [2.45, 2.75) is 16.3 Å². The molecule has 1 heterocycles. The van der Waals surface area contributed by atoms with Crippen molar-refractivity contribution in [1.29, 1.82) is 0 Å². The summed E-state index contributed by atoms with van der Waals surface area (Å²) in [6.45, 7) is -0.327. The molecule has 0 saturated carbocycles. The molecular weight excluding hydrogens is 408 g/mol. The van der Waals surface area contributed by atoms with Crippen LogP contribution in [-0.4, -0.2) is 51.6 Å². The van der Waals surface area contributed by atoms with E-state index in [1.165, 1.54) is 43.4 Å². The van der Waals surface area contributed by atoms with E-state index in [2.05, 4.69) is 0 Å². The van der Waals surface area contributed by atoms with Crippen LogP contribution < -0.4 is 4.90 Å². The van der Waals surface area contributed by atoms with E-state index in [-0.39, 0.29) is 27.6 Å². The fourth-order valence-corrected chi connectivity index (χ4v) is 5.04. The number of amides is 2. The Labute approximate surface area is 161 Å². The summed E-state index contributed by atoms with van der Waals surface area (Å²) in [4.78, 5) is 24.7. The van der Waals surface area contributed by atoms with E-state index in [4.69, 9.17) is 5.11 Å². The first-order valence-corrected chi connectivity index (χ1v) is 11.2. The van der Waals surface area contributed by atoms with Crippen molar-refractivity contribution < 1.29 is 31.5 Å². The van der Waals surface area contributed by atoms with Crippen LogP contribution in [0, 0.1) is 0 Å². The molecule has 0 spiro atoms. The molecule has 0 unspecified atom stereocenters. The molecule has 2 aromatic rings. The highest BCUT2D eigenvalue weighted by atomic mass is 32.2. The summed E-state index contributed by atoms with van der Waals surface area (Å²) in [6.07, 6.45) is 1.05. The van der Waals surface area contributed by atoms with Crippen molar-refractivity contribution in [1.82, 2.24) is 4.31 Å². The summed E-state index contributed by atoms with van der Waals surface area (Å²) >= 11 is 0. The molecule has 2 aromatic carbocycles. The number of carboxylic acid groups (broad SMARTS) is 1. The summed E-state index contributed by atoms with van der Waals surface area (Å²) < 4.78 is 49.6. The number of nitrogens with zero attached hydrogens (tertiary/aromatic N) is 2. The number of benzene rings is 2. The zero-order valence-electron chi connectivity index (χ0n) is 14.9. The molecule has 1 aliphatic heterocycles. The predicted octanol–water partition coefficient (Wildman–Crippen LogP) is 1.55. The first-order chi connectivity index (χ1) is 12.9. The molecule has 0 saturated heterocycles. The van der Waals surface area contributed by atoms with Gasteiger partial charge in [0.05, 0.1) is 22.7 Å². The smallest absolute Gasteiger partial charge is 0.338 e. The van der Waals surface area contributed by atoms with Gasteiger partial charge in [0.25, 0.3) is 10.0 Å². The lowest BCUT2D eigenvalue weighted by atomic mass is 10.2. The Kier molecular flexibility index (Phi) is 4.68. The van der Waals surface area contributed by atoms with Crippen molar-refractivity contribution in [3.8, 4) is 0 Å².